The van der Waals surface area contributed by atoms with Gasteiger partial charge in [0.2, 0.25) is 0 Å². The monoisotopic (exact) mass is 591 g/mol. The Labute approximate surface area is 245 Å². The first-order valence-corrected chi connectivity index (χ1v) is 15.5. The van der Waals surface area contributed by atoms with Crippen molar-refractivity contribution in [3.63, 3.8) is 0 Å². The molecule has 2 aromatic heterocycles. The first-order valence-electron chi connectivity index (χ1n) is 14.0. The summed E-state index contributed by atoms with van der Waals surface area (Å²) in [7, 11) is 0. The molecular weight excluding hydrogens is 565 g/mol. The number of thiazole rings is 1. The number of benzene rings is 2. The first-order chi connectivity index (χ1) is 19.4. The second-order valence-electron chi connectivity index (χ2n) is 12.2. The number of fused-ring (bicyclic) bond motifs is 1. The largest absolute Gasteiger partial charge is 0.382 e. The Morgan fingerprint density at radius 2 is 1.85 bits per heavy atom. The fourth-order valence-electron chi connectivity index (χ4n) is 7.88. The van der Waals surface area contributed by atoms with E-state index in [4.69, 9.17) is 37.4 Å². The molecule has 6 nitrogen and oxygen atoms in total. The highest BCUT2D eigenvalue weighted by atomic mass is 35.5. The van der Waals surface area contributed by atoms with Gasteiger partial charge in [0.15, 0.2) is 0 Å². The summed E-state index contributed by atoms with van der Waals surface area (Å²) in [5, 5.41) is 27.9. The number of hydrogen-bond donors (Lipinski definition) is 1. The fraction of sp³-hybridized carbons (Fsp3) is 0.452. The summed E-state index contributed by atoms with van der Waals surface area (Å²) in [5.74, 6) is 1.94. The molecule has 5 saturated carbocycles. The molecule has 0 saturated heterocycles. The molecule has 2 heterocycles. The number of nitriles is 1. The van der Waals surface area contributed by atoms with Gasteiger partial charge in [0.05, 0.1) is 44.1 Å². The summed E-state index contributed by atoms with van der Waals surface area (Å²) in [4.78, 5) is 4.89. The number of ether oxygens (including phenoxy) is 1. The van der Waals surface area contributed by atoms with E-state index in [0.717, 1.165) is 71.5 Å². The zero-order chi connectivity index (χ0) is 27.2. The summed E-state index contributed by atoms with van der Waals surface area (Å²) >= 11 is 14.7. The molecule has 5 fully saturated rings. The van der Waals surface area contributed by atoms with Crippen molar-refractivity contribution in [1.29, 1.82) is 5.26 Å². The third-order valence-corrected chi connectivity index (χ3v) is 11.5. The van der Waals surface area contributed by atoms with Crippen LogP contribution in [-0.4, -0.2) is 20.8 Å². The molecule has 0 spiro atoms. The van der Waals surface area contributed by atoms with Gasteiger partial charge in [-0.25, -0.2) is 4.98 Å². The van der Waals surface area contributed by atoms with Gasteiger partial charge in [0, 0.05) is 17.0 Å². The quantitative estimate of drug-likeness (QED) is 0.244. The first kappa shape index (κ1) is 25.3. The Balaban J connectivity index is 1.10. The van der Waals surface area contributed by atoms with Crippen LogP contribution in [0.2, 0.25) is 10.0 Å². The number of nitrogens with zero attached hydrogens (tertiary/aromatic N) is 3. The molecule has 2 aromatic carbocycles. The maximum atomic E-state index is 12.3. The molecule has 4 aromatic rings. The van der Waals surface area contributed by atoms with Crippen molar-refractivity contribution in [2.45, 2.75) is 68.7 Å². The summed E-state index contributed by atoms with van der Waals surface area (Å²) in [6, 6.07) is 13.2. The van der Waals surface area contributed by atoms with E-state index in [0.29, 0.717) is 45.3 Å². The molecular formula is C31H27Cl2N3O3S. The molecule has 5 atom stereocenters. The number of hydrogen-bond acceptors (Lipinski definition) is 7. The van der Waals surface area contributed by atoms with Crippen LogP contribution >= 0.6 is 34.5 Å². The maximum Gasteiger partial charge on any atom is 0.145 e. The molecule has 0 radical (unpaired) electrons. The number of aromatic nitrogens is 2. The standard InChI is InChI=1S/C31H27Cl2N3O3S/c32-22-2-1-3-23(33)26(22)27-21(28(39-36-27)18-5-6-18)15-38-30-11-17-8-19(12-30)31(37,20(9-17)13-30)29-35-24-7-4-16(14-34)10-25(24)40-29/h1-4,7,10,17-20,37H,5-6,8-9,11-13,15H2/t17?,19-,20?,30?,31?/m0/s1. The lowest BCUT2D eigenvalue weighted by atomic mass is 9.48. The highest BCUT2D eigenvalue weighted by Gasteiger charge is 2.64. The summed E-state index contributed by atoms with van der Waals surface area (Å²) in [5.41, 5.74) is 2.50. The van der Waals surface area contributed by atoms with Gasteiger partial charge < -0.3 is 14.4 Å². The second-order valence-corrected chi connectivity index (χ2v) is 14.0. The normalized spacial score (nSPS) is 30.7. The van der Waals surface area contributed by atoms with Gasteiger partial charge in [-0.15, -0.1) is 11.3 Å². The van der Waals surface area contributed by atoms with Gasteiger partial charge in [-0.05, 0) is 93.0 Å². The summed E-state index contributed by atoms with van der Waals surface area (Å²) in [6.07, 6.45) is 6.73. The van der Waals surface area contributed by atoms with Crippen LogP contribution in [0.1, 0.15) is 72.8 Å². The third-order valence-electron chi connectivity index (χ3n) is 9.73. The van der Waals surface area contributed by atoms with Crippen molar-refractivity contribution in [3.05, 3.63) is 68.3 Å². The molecule has 9 rings (SSSR count). The van der Waals surface area contributed by atoms with Crippen molar-refractivity contribution in [2.24, 2.45) is 17.8 Å². The Hall–Kier alpha value is -2.47. The molecule has 0 amide bonds. The summed E-state index contributed by atoms with van der Waals surface area (Å²) < 4.78 is 13.7. The SMILES string of the molecule is N#Cc1ccc2nc(C3(O)C4CC5C[C@H]3CC(OCc3c(-c6c(Cl)cccc6Cl)noc3C3CC3)(C5)C4)sc2c1. The van der Waals surface area contributed by atoms with Crippen LogP contribution in [0, 0.1) is 29.1 Å². The minimum Gasteiger partial charge on any atom is -0.382 e. The highest BCUT2D eigenvalue weighted by molar-refractivity contribution is 7.18. The fourth-order valence-corrected chi connectivity index (χ4v) is 9.71. The predicted molar refractivity (Wildman–Crippen MR) is 153 cm³/mol. The van der Waals surface area contributed by atoms with Gasteiger partial charge in [-0.3, -0.25) is 0 Å². The van der Waals surface area contributed by atoms with Gasteiger partial charge in [-0.2, -0.15) is 5.26 Å². The van der Waals surface area contributed by atoms with Crippen LogP contribution in [-0.2, 0) is 16.9 Å². The molecule has 5 aliphatic carbocycles. The van der Waals surface area contributed by atoms with E-state index in [1.807, 2.05) is 30.3 Å². The number of halogens is 2. The van der Waals surface area contributed by atoms with Crippen molar-refractivity contribution in [2.75, 3.05) is 0 Å². The van der Waals surface area contributed by atoms with Crippen molar-refractivity contribution >= 4 is 44.8 Å². The van der Waals surface area contributed by atoms with Crippen molar-refractivity contribution in [3.8, 4) is 17.3 Å². The van der Waals surface area contributed by atoms with Gasteiger partial charge in [-0.1, -0.05) is 34.4 Å². The Bertz CT molecular complexity index is 1670. The lowest BCUT2D eigenvalue weighted by Crippen LogP contribution is -2.62. The zero-order valence-corrected chi connectivity index (χ0v) is 24.0. The van der Waals surface area contributed by atoms with Gasteiger partial charge in [0.25, 0.3) is 0 Å². The van der Waals surface area contributed by atoms with E-state index in [-0.39, 0.29) is 17.4 Å². The topological polar surface area (TPSA) is 92.2 Å². The van der Waals surface area contributed by atoms with Crippen molar-refractivity contribution < 1.29 is 14.4 Å². The van der Waals surface area contributed by atoms with Crippen molar-refractivity contribution in [1.82, 2.24) is 10.1 Å². The van der Waals surface area contributed by atoms with Gasteiger partial charge >= 0.3 is 0 Å². The van der Waals surface area contributed by atoms with Crippen LogP contribution in [0.25, 0.3) is 21.5 Å². The van der Waals surface area contributed by atoms with Crippen LogP contribution in [0.4, 0.5) is 0 Å². The number of rotatable bonds is 6. The molecule has 5 aliphatic rings. The van der Waals surface area contributed by atoms with E-state index < -0.39 is 5.60 Å². The molecule has 4 unspecified atom stereocenters. The van der Waals surface area contributed by atoms with E-state index >= 15 is 0 Å². The van der Waals surface area contributed by atoms with E-state index in [2.05, 4.69) is 11.2 Å². The van der Waals surface area contributed by atoms with Crippen LogP contribution < -0.4 is 0 Å². The van der Waals surface area contributed by atoms with E-state index in [1.165, 1.54) is 11.3 Å². The second kappa shape index (κ2) is 9.01. The summed E-state index contributed by atoms with van der Waals surface area (Å²) in [6.45, 7) is 0.384. The van der Waals surface area contributed by atoms with E-state index in [9.17, 15) is 10.4 Å². The number of aliphatic hydroxyl groups is 1. The van der Waals surface area contributed by atoms with Crippen LogP contribution in [0.3, 0.4) is 0 Å². The molecule has 9 heteroatoms. The Kier molecular flexibility index (Phi) is 5.69. The van der Waals surface area contributed by atoms with Crippen LogP contribution in [0.5, 0.6) is 0 Å². The predicted octanol–water partition coefficient (Wildman–Crippen LogP) is 7.99. The zero-order valence-electron chi connectivity index (χ0n) is 21.7. The smallest absolute Gasteiger partial charge is 0.145 e. The molecule has 40 heavy (non-hydrogen) atoms. The molecule has 0 aliphatic heterocycles. The van der Waals surface area contributed by atoms with E-state index in [1.54, 1.807) is 6.07 Å². The third kappa shape index (κ3) is 3.80. The highest BCUT2D eigenvalue weighted by Crippen LogP contribution is 2.65. The Morgan fingerprint density at radius 3 is 2.55 bits per heavy atom. The Morgan fingerprint density at radius 1 is 1.10 bits per heavy atom. The minimum absolute atomic E-state index is 0.0811. The average molecular weight is 593 g/mol. The van der Waals surface area contributed by atoms with Gasteiger partial charge in [0.1, 0.15) is 22.1 Å². The lowest BCUT2D eigenvalue weighted by Gasteiger charge is -2.62. The molecule has 4 bridgehead atoms. The minimum atomic E-state index is -0.965. The average Bonchev–Trinajstić information content (AvgIpc) is 3.55. The molecule has 204 valence electrons. The molecule has 1 N–H and O–H groups in total. The van der Waals surface area contributed by atoms with Crippen LogP contribution in [0.15, 0.2) is 40.9 Å². The lowest BCUT2D eigenvalue weighted by molar-refractivity contribution is -0.250. The maximum absolute atomic E-state index is 12.3.